The van der Waals surface area contributed by atoms with Gasteiger partial charge in [-0.3, -0.25) is 4.79 Å². The molecule has 1 aromatic carbocycles. The number of rotatable bonds is 3. The lowest BCUT2D eigenvalue weighted by atomic mass is 9.91. The van der Waals surface area contributed by atoms with Crippen LogP contribution >= 0.6 is 22.9 Å². The average molecular weight is 427 g/mol. The quantitative estimate of drug-likeness (QED) is 0.511. The smallest absolute Gasteiger partial charge is 0.255 e. The van der Waals surface area contributed by atoms with Crippen molar-refractivity contribution in [1.82, 2.24) is 30.5 Å². The SMILES string of the molecule is Cc1sc(-n2cnnn2)c(C(=O)N[C@H]2CCCc3c2[nH]c2c(Cl)cccc32)c1C. The summed E-state index contributed by atoms with van der Waals surface area (Å²) in [4.78, 5) is 17.9. The van der Waals surface area contributed by atoms with Crippen LogP contribution in [-0.4, -0.2) is 31.1 Å². The summed E-state index contributed by atoms with van der Waals surface area (Å²) in [5.41, 5.74) is 4.83. The number of benzene rings is 1. The zero-order chi connectivity index (χ0) is 20.1. The van der Waals surface area contributed by atoms with E-state index in [1.807, 2.05) is 26.0 Å². The standard InChI is InChI=1S/C20H19ClN6OS/c1-10-11(2)29-20(27-9-22-25-26-27)16(10)19(28)23-15-8-4-6-13-12-5-3-7-14(21)17(12)24-18(13)15/h3,5,7,9,15,24H,4,6,8H2,1-2H3,(H,23,28)/t15-/m0/s1. The Morgan fingerprint density at radius 3 is 3.03 bits per heavy atom. The highest BCUT2D eigenvalue weighted by Gasteiger charge is 2.29. The first-order valence-corrected chi connectivity index (χ1v) is 10.7. The highest BCUT2D eigenvalue weighted by atomic mass is 35.5. The molecule has 3 aromatic heterocycles. The van der Waals surface area contributed by atoms with Gasteiger partial charge in [-0.2, -0.15) is 4.68 Å². The number of aromatic nitrogens is 5. The summed E-state index contributed by atoms with van der Waals surface area (Å²) in [5, 5.41) is 17.2. The molecule has 0 saturated heterocycles. The van der Waals surface area contributed by atoms with Gasteiger partial charge in [0.15, 0.2) is 0 Å². The molecular weight excluding hydrogens is 408 g/mol. The largest absolute Gasteiger partial charge is 0.355 e. The van der Waals surface area contributed by atoms with Crippen LogP contribution in [0.2, 0.25) is 5.02 Å². The molecule has 29 heavy (non-hydrogen) atoms. The number of hydrogen-bond acceptors (Lipinski definition) is 5. The van der Waals surface area contributed by atoms with Gasteiger partial charge >= 0.3 is 0 Å². The normalized spacial score (nSPS) is 16.2. The van der Waals surface area contributed by atoms with Crippen molar-refractivity contribution in [2.45, 2.75) is 39.2 Å². The van der Waals surface area contributed by atoms with Crippen molar-refractivity contribution in [3.63, 3.8) is 0 Å². The molecule has 7 nitrogen and oxygen atoms in total. The van der Waals surface area contributed by atoms with Gasteiger partial charge in [0.25, 0.3) is 5.91 Å². The van der Waals surface area contributed by atoms with Crippen LogP contribution in [0.5, 0.6) is 0 Å². The molecule has 0 unspecified atom stereocenters. The molecule has 0 bridgehead atoms. The number of tetrazole rings is 1. The van der Waals surface area contributed by atoms with Crippen molar-refractivity contribution in [2.24, 2.45) is 0 Å². The van der Waals surface area contributed by atoms with E-state index < -0.39 is 0 Å². The minimum Gasteiger partial charge on any atom is -0.355 e. The summed E-state index contributed by atoms with van der Waals surface area (Å²) in [7, 11) is 0. The number of nitrogens with one attached hydrogen (secondary N) is 2. The summed E-state index contributed by atoms with van der Waals surface area (Å²) in [6.07, 6.45) is 4.39. The fourth-order valence-electron chi connectivity index (χ4n) is 4.12. The Labute approximate surface area is 176 Å². The maximum atomic E-state index is 13.3. The van der Waals surface area contributed by atoms with Crippen LogP contribution in [0, 0.1) is 13.8 Å². The van der Waals surface area contributed by atoms with E-state index >= 15 is 0 Å². The van der Waals surface area contributed by atoms with E-state index in [9.17, 15) is 4.79 Å². The lowest BCUT2D eigenvalue weighted by Gasteiger charge is -2.24. The van der Waals surface area contributed by atoms with E-state index in [0.29, 0.717) is 10.6 Å². The molecule has 2 N–H and O–H groups in total. The van der Waals surface area contributed by atoms with Gasteiger partial charge in [-0.05, 0) is 60.7 Å². The number of aryl methyl sites for hydroxylation is 2. The Hall–Kier alpha value is -2.71. The average Bonchev–Trinajstić information content (AvgIpc) is 3.42. The van der Waals surface area contributed by atoms with Crippen molar-refractivity contribution in [2.75, 3.05) is 0 Å². The fourth-order valence-corrected chi connectivity index (χ4v) is 5.41. The van der Waals surface area contributed by atoms with Gasteiger partial charge in [-0.15, -0.1) is 16.4 Å². The lowest BCUT2D eigenvalue weighted by molar-refractivity contribution is 0.0931. The molecular formula is C20H19ClN6OS. The molecule has 9 heteroatoms. The first kappa shape index (κ1) is 18.3. The minimum atomic E-state index is -0.111. The topological polar surface area (TPSA) is 88.5 Å². The number of fused-ring (bicyclic) bond motifs is 3. The van der Waals surface area contributed by atoms with Crippen molar-refractivity contribution < 1.29 is 4.79 Å². The van der Waals surface area contributed by atoms with Crippen LogP contribution in [0.15, 0.2) is 24.5 Å². The number of thiophene rings is 1. The van der Waals surface area contributed by atoms with Crippen LogP contribution in [0.1, 0.15) is 50.9 Å². The first-order valence-electron chi connectivity index (χ1n) is 9.47. The molecule has 1 aliphatic carbocycles. The molecule has 0 aliphatic heterocycles. The summed E-state index contributed by atoms with van der Waals surface area (Å²) in [6, 6.07) is 5.85. The van der Waals surface area contributed by atoms with Crippen molar-refractivity contribution >= 4 is 39.7 Å². The van der Waals surface area contributed by atoms with E-state index in [4.69, 9.17) is 11.6 Å². The van der Waals surface area contributed by atoms with Gasteiger partial charge in [-0.25, -0.2) is 0 Å². The molecule has 3 heterocycles. The Kier molecular flexibility index (Phi) is 4.40. The fraction of sp³-hybridized carbons (Fsp3) is 0.300. The second kappa shape index (κ2) is 6.96. The third-order valence-electron chi connectivity index (χ3n) is 5.65. The van der Waals surface area contributed by atoms with Crippen LogP contribution < -0.4 is 5.32 Å². The van der Waals surface area contributed by atoms with Gasteiger partial charge in [-0.1, -0.05) is 23.7 Å². The number of aromatic amines is 1. The molecule has 0 spiro atoms. The molecule has 0 radical (unpaired) electrons. The van der Waals surface area contributed by atoms with E-state index in [2.05, 4.69) is 31.9 Å². The third kappa shape index (κ3) is 2.94. The zero-order valence-corrected chi connectivity index (χ0v) is 17.6. The predicted molar refractivity (Wildman–Crippen MR) is 113 cm³/mol. The van der Waals surface area contributed by atoms with Gasteiger partial charge in [0.2, 0.25) is 0 Å². The Morgan fingerprint density at radius 1 is 1.38 bits per heavy atom. The maximum Gasteiger partial charge on any atom is 0.255 e. The van der Waals surface area contributed by atoms with E-state index in [-0.39, 0.29) is 11.9 Å². The Balaban J connectivity index is 1.52. The number of H-pyrrole nitrogens is 1. The summed E-state index contributed by atoms with van der Waals surface area (Å²) >= 11 is 7.90. The number of nitrogens with zero attached hydrogens (tertiary/aromatic N) is 4. The number of hydrogen-bond donors (Lipinski definition) is 2. The van der Waals surface area contributed by atoms with Gasteiger partial charge in [0, 0.05) is 16.0 Å². The number of carbonyl (C=O) groups excluding carboxylic acids is 1. The molecule has 5 rings (SSSR count). The second-order valence-corrected chi connectivity index (χ2v) is 8.93. The summed E-state index contributed by atoms with van der Waals surface area (Å²) < 4.78 is 1.55. The minimum absolute atomic E-state index is 0.0870. The molecule has 4 aromatic rings. The van der Waals surface area contributed by atoms with Gasteiger partial charge in [0.05, 0.1) is 22.1 Å². The number of amides is 1. The first-order chi connectivity index (χ1) is 14.0. The predicted octanol–water partition coefficient (Wildman–Crippen LogP) is 4.28. The molecule has 0 fully saturated rings. The summed E-state index contributed by atoms with van der Waals surface area (Å²) in [5.74, 6) is -0.111. The second-order valence-electron chi connectivity index (χ2n) is 7.32. The monoisotopic (exact) mass is 426 g/mol. The third-order valence-corrected chi connectivity index (χ3v) is 7.16. The number of carbonyl (C=O) groups is 1. The highest BCUT2D eigenvalue weighted by Crippen LogP contribution is 2.38. The zero-order valence-electron chi connectivity index (χ0n) is 16.0. The molecule has 1 aliphatic rings. The van der Waals surface area contributed by atoms with E-state index in [1.165, 1.54) is 23.2 Å². The molecule has 148 valence electrons. The maximum absolute atomic E-state index is 13.3. The number of halogens is 1. The number of para-hydroxylation sites is 1. The van der Waals surface area contributed by atoms with Crippen molar-refractivity contribution in [1.29, 1.82) is 0 Å². The molecule has 1 atom stereocenters. The highest BCUT2D eigenvalue weighted by molar-refractivity contribution is 7.15. The van der Waals surface area contributed by atoms with Crippen molar-refractivity contribution in [3.8, 4) is 5.00 Å². The summed E-state index contributed by atoms with van der Waals surface area (Å²) in [6.45, 7) is 3.96. The molecule has 1 amide bonds. The van der Waals surface area contributed by atoms with E-state index in [1.54, 1.807) is 4.68 Å². The van der Waals surface area contributed by atoms with E-state index in [0.717, 1.165) is 51.3 Å². The van der Waals surface area contributed by atoms with Crippen LogP contribution in [0.4, 0.5) is 0 Å². The van der Waals surface area contributed by atoms with Crippen LogP contribution in [0.25, 0.3) is 15.9 Å². The Morgan fingerprint density at radius 2 is 2.24 bits per heavy atom. The Bertz CT molecular complexity index is 1230. The molecule has 0 saturated carbocycles. The van der Waals surface area contributed by atoms with Gasteiger partial charge in [0.1, 0.15) is 11.3 Å². The van der Waals surface area contributed by atoms with Crippen LogP contribution in [-0.2, 0) is 6.42 Å². The van der Waals surface area contributed by atoms with Crippen LogP contribution in [0.3, 0.4) is 0 Å². The van der Waals surface area contributed by atoms with Gasteiger partial charge < -0.3 is 10.3 Å². The lowest BCUT2D eigenvalue weighted by Crippen LogP contribution is -2.31. The van der Waals surface area contributed by atoms with Crippen molar-refractivity contribution in [3.05, 3.63) is 56.8 Å².